The second-order valence-corrected chi connectivity index (χ2v) is 24.0. The number of allylic oxidation sites excluding steroid dienone is 7. The molecule has 74 heavy (non-hydrogen) atoms. The number of hydrogen-bond donors (Lipinski definition) is 1. The van der Waals surface area contributed by atoms with Crippen molar-refractivity contribution in [3.05, 3.63) is 48.6 Å². The molecule has 3 unspecified atom stereocenters. The van der Waals surface area contributed by atoms with Gasteiger partial charge in [-0.2, -0.15) is 0 Å². The Morgan fingerprint density at radius 2 is 0.824 bits per heavy atom. The van der Waals surface area contributed by atoms with E-state index in [1.165, 1.54) is 186 Å². The third-order valence-electron chi connectivity index (χ3n) is 14.0. The zero-order valence-corrected chi connectivity index (χ0v) is 50.4. The van der Waals surface area contributed by atoms with E-state index in [1.807, 2.05) is 33.3 Å². The van der Waals surface area contributed by atoms with Crippen LogP contribution < -0.4 is 10.2 Å². The third-order valence-corrected chi connectivity index (χ3v) is 14.9. The van der Waals surface area contributed by atoms with Crippen LogP contribution >= 0.6 is 7.82 Å². The van der Waals surface area contributed by atoms with E-state index < -0.39 is 26.6 Å². The number of carbonyl (C=O) groups is 2. The third kappa shape index (κ3) is 54.7. The van der Waals surface area contributed by atoms with Crippen LogP contribution in [-0.4, -0.2) is 69.4 Å². The van der Waals surface area contributed by atoms with Crippen molar-refractivity contribution in [2.45, 2.75) is 309 Å². The Hall–Kier alpha value is -2.03. The van der Waals surface area contributed by atoms with Gasteiger partial charge in [0.1, 0.15) is 19.3 Å². The minimum Gasteiger partial charge on any atom is -0.756 e. The van der Waals surface area contributed by atoms with Crippen molar-refractivity contribution >= 4 is 19.7 Å². The van der Waals surface area contributed by atoms with E-state index in [1.54, 1.807) is 0 Å². The summed E-state index contributed by atoms with van der Waals surface area (Å²) < 4.78 is 30.3. The van der Waals surface area contributed by atoms with Gasteiger partial charge < -0.3 is 28.5 Å². The van der Waals surface area contributed by atoms with Crippen molar-refractivity contribution in [2.75, 3.05) is 40.9 Å². The molecule has 0 aliphatic carbocycles. The molecule has 0 fully saturated rings. The molecule has 0 aliphatic rings. The Balaban J connectivity index is 5.24. The fourth-order valence-electron chi connectivity index (χ4n) is 9.08. The topological polar surface area (TPSA) is 114 Å². The van der Waals surface area contributed by atoms with Gasteiger partial charge in [0.2, 0.25) is 5.91 Å². The number of likely N-dealkylation sites (N-methyl/N-ethyl adjacent to an activating group) is 1. The molecule has 3 atom stereocenters. The van der Waals surface area contributed by atoms with E-state index in [4.69, 9.17) is 13.8 Å². The number of unbranched alkanes of at least 4 members (excludes halogenated alkanes) is 35. The highest BCUT2D eigenvalue weighted by Gasteiger charge is 2.27. The normalized spacial score (nSPS) is 14.0. The standard InChI is InChI=1S/C64H121N2O7P/c1-7-10-13-16-19-22-25-28-30-31-32-33-34-35-36-38-41-44-47-50-53-56-63(67)65-61(60-72-74(69,70)71-59-58-66(4,5)6)62(55-52-49-46-43-40-37-27-24-21-18-15-12-9-3)73-64(68)57-54-51-48-45-42-39-29-26-23-20-17-14-11-8-2/h19,22,28,30,39,42,52,55,61-62H,7-18,20-21,23-27,29,31-38,40-41,43-51,53-54,56-60H2,1-6H3,(H-,65,67,69,70)/b22-19-,30-28-,42-39-,55-52-. The number of carbonyl (C=O) groups excluding carboxylic acids is 2. The lowest BCUT2D eigenvalue weighted by Gasteiger charge is -2.30. The monoisotopic (exact) mass is 1060 g/mol. The Labute approximate surface area is 458 Å². The molecule has 1 N–H and O–H groups in total. The van der Waals surface area contributed by atoms with Gasteiger partial charge in [-0.25, -0.2) is 0 Å². The van der Waals surface area contributed by atoms with Gasteiger partial charge in [-0.15, -0.1) is 0 Å². The number of hydrogen-bond acceptors (Lipinski definition) is 7. The fraction of sp³-hybridized carbons (Fsp3) is 0.844. The number of ether oxygens (including phenoxy) is 1. The molecule has 0 aliphatic heterocycles. The average Bonchev–Trinajstić information content (AvgIpc) is 3.36. The smallest absolute Gasteiger partial charge is 0.306 e. The van der Waals surface area contributed by atoms with Crippen molar-refractivity contribution < 1.29 is 37.3 Å². The Bertz CT molecular complexity index is 1410. The fourth-order valence-corrected chi connectivity index (χ4v) is 9.80. The zero-order valence-electron chi connectivity index (χ0n) is 49.6. The number of nitrogens with one attached hydrogen (secondary N) is 1. The quantitative estimate of drug-likeness (QED) is 0.0212. The van der Waals surface area contributed by atoms with Gasteiger partial charge in [0.25, 0.3) is 7.82 Å². The summed E-state index contributed by atoms with van der Waals surface area (Å²) in [5.74, 6) is -0.553. The van der Waals surface area contributed by atoms with Crippen LogP contribution in [0.2, 0.25) is 0 Å². The number of esters is 1. The summed E-state index contributed by atoms with van der Waals surface area (Å²) in [6, 6.07) is -0.894. The van der Waals surface area contributed by atoms with Crippen LogP contribution in [0.15, 0.2) is 48.6 Å². The van der Waals surface area contributed by atoms with Gasteiger partial charge in [-0.1, -0.05) is 243 Å². The van der Waals surface area contributed by atoms with E-state index in [2.05, 4.69) is 62.5 Å². The number of amides is 1. The van der Waals surface area contributed by atoms with E-state index in [-0.39, 0.29) is 24.9 Å². The Morgan fingerprint density at radius 1 is 0.473 bits per heavy atom. The first kappa shape index (κ1) is 72.0. The maximum absolute atomic E-state index is 13.5. The molecule has 0 saturated heterocycles. The van der Waals surface area contributed by atoms with Crippen molar-refractivity contribution in [1.29, 1.82) is 0 Å². The van der Waals surface area contributed by atoms with Gasteiger partial charge in [-0.05, 0) is 89.5 Å². The van der Waals surface area contributed by atoms with Crippen LogP contribution in [0.1, 0.15) is 297 Å². The van der Waals surface area contributed by atoms with Gasteiger partial charge >= 0.3 is 5.97 Å². The van der Waals surface area contributed by atoms with Crippen molar-refractivity contribution in [1.82, 2.24) is 5.32 Å². The van der Waals surface area contributed by atoms with Crippen LogP contribution in [0.25, 0.3) is 0 Å². The van der Waals surface area contributed by atoms with Gasteiger partial charge in [0.05, 0.1) is 33.8 Å². The first-order valence-electron chi connectivity index (χ1n) is 31.4. The summed E-state index contributed by atoms with van der Waals surface area (Å²) in [5, 5.41) is 3.03. The van der Waals surface area contributed by atoms with Crippen molar-refractivity contribution in [3.8, 4) is 0 Å². The van der Waals surface area contributed by atoms with E-state index >= 15 is 0 Å². The minimum atomic E-state index is -4.70. The molecule has 0 bridgehead atoms. The second kappa shape index (κ2) is 54.3. The molecular formula is C64H121N2O7P. The van der Waals surface area contributed by atoms with Crippen LogP contribution in [0.4, 0.5) is 0 Å². The summed E-state index contributed by atoms with van der Waals surface area (Å²) in [5.41, 5.74) is 0. The number of phosphoric acid groups is 1. The molecule has 0 spiro atoms. The molecule has 0 aromatic heterocycles. The summed E-state index contributed by atoms with van der Waals surface area (Å²) in [4.78, 5) is 40.0. The maximum atomic E-state index is 13.5. The number of quaternary nitrogens is 1. The predicted octanol–water partition coefficient (Wildman–Crippen LogP) is 18.6. The Morgan fingerprint density at radius 3 is 1.27 bits per heavy atom. The van der Waals surface area contributed by atoms with Gasteiger partial charge in [0.15, 0.2) is 0 Å². The number of nitrogens with zero attached hydrogens (tertiary/aromatic N) is 1. The first-order chi connectivity index (χ1) is 35.9. The lowest BCUT2D eigenvalue weighted by atomic mass is 10.0. The molecular weight excluding hydrogens is 940 g/mol. The summed E-state index contributed by atoms with van der Waals surface area (Å²) >= 11 is 0. The molecule has 0 rings (SSSR count). The second-order valence-electron chi connectivity index (χ2n) is 22.6. The molecule has 9 nitrogen and oxygen atoms in total. The molecule has 0 radical (unpaired) electrons. The van der Waals surface area contributed by atoms with Crippen LogP contribution in [0.3, 0.4) is 0 Å². The van der Waals surface area contributed by atoms with Gasteiger partial charge in [-0.3, -0.25) is 14.2 Å². The van der Waals surface area contributed by atoms with Gasteiger partial charge in [0, 0.05) is 12.8 Å². The lowest BCUT2D eigenvalue weighted by molar-refractivity contribution is -0.870. The lowest BCUT2D eigenvalue weighted by Crippen LogP contribution is -2.47. The Kier molecular flexibility index (Phi) is 52.8. The minimum absolute atomic E-state index is 0.0243. The summed E-state index contributed by atoms with van der Waals surface area (Å²) in [7, 11) is 1.18. The SMILES string of the molecule is CCCCC/C=C\C/C=C\CCCCCCCCCCCCCC(=O)NC(COP(=O)([O-])OCC[N+](C)(C)C)C(/C=C\CCCCCCCCCCCCC)OC(=O)CCCCC/C=C\CCCCCCCCC. The molecule has 0 saturated carbocycles. The predicted molar refractivity (Wildman–Crippen MR) is 316 cm³/mol. The molecule has 0 aromatic rings. The van der Waals surface area contributed by atoms with E-state index in [0.717, 1.165) is 70.6 Å². The van der Waals surface area contributed by atoms with E-state index in [0.29, 0.717) is 23.9 Å². The summed E-state index contributed by atoms with van der Waals surface area (Å²) in [6.45, 7) is 6.83. The molecule has 10 heteroatoms. The zero-order chi connectivity index (χ0) is 54.3. The highest BCUT2D eigenvalue weighted by Crippen LogP contribution is 2.38. The molecule has 0 heterocycles. The molecule has 434 valence electrons. The van der Waals surface area contributed by atoms with Crippen LogP contribution in [0, 0.1) is 0 Å². The number of rotatable bonds is 57. The summed E-state index contributed by atoms with van der Waals surface area (Å²) in [6.07, 6.45) is 66.4. The number of phosphoric ester groups is 1. The maximum Gasteiger partial charge on any atom is 0.306 e. The highest BCUT2D eigenvalue weighted by atomic mass is 31.2. The van der Waals surface area contributed by atoms with Crippen molar-refractivity contribution in [2.24, 2.45) is 0 Å². The van der Waals surface area contributed by atoms with Crippen LogP contribution in [0.5, 0.6) is 0 Å². The first-order valence-corrected chi connectivity index (χ1v) is 32.9. The largest absolute Gasteiger partial charge is 0.756 e. The molecule has 1 amide bonds. The highest BCUT2D eigenvalue weighted by molar-refractivity contribution is 7.45. The van der Waals surface area contributed by atoms with Crippen molar-refractivity contribution in [3.63, 3.8) is 0 Å². The molecule has 0 aromatic carbocycles. The van der Waals surface area contributed by atoms with Crippen LogP contribution in [-0.2, 0) is 27.9 Å². The van der Waals surface area contributed by atoms with E-state index in [9.17, 15) is 19.0 Å². The average molecular weight is 1060 g/mol.